The van der Waals surface area contributed by atoms with Gasteiger partial charge >= 0.3 is 0 Å². The summed E-state index contributed by atoms with van der Waals surface area (Å²) in [5, 5.41) is 0. The minimum Gasteiger partial charge on any atom is -0.330 e. The van der Waals surface area contributed by atoms with E-state index in [1.807, 2.05) is 0 Å². The molecule has 2 nitrogen and oxygen atoms in total. The number of aromatic nitrogens is 2. The number of halogens is 1. The minimum atomic E-state index is 0.739. The maximum Gasteiger partial charge on any atom is 0.182 e. The van der Waals surface area contributed by atoms with Gasteiger partial charge in [0.2, 0.25) is 0 Å². The van der Waals surface area contributed by atoms with Crippen molar-refractivity contribution in [3.63, 3.8) is 0 Å². The van der Waals surface area contributed by atoms with Gasteiger partial charge in [-0.2, -0.15) is 0 Å². The summed E-state index contributed by atoms with van der Waals surface area (Å²) in [6, 6.07) is 10.5. The molecular weight excluding hydrogens is 332 g/mol. The van der Waals surface area contributed by atoms with Crippen molar-refractivity contribution in [1.29, 1.82) is 0 Å². The van der Waals surface area contributed by atoms with Crippen LogP contribution in [0.4, 0.5) is 0 Å². The lowest BCUT2D eigenvalue weighted by Gasteiger charge is -2.13. The second-order valence-corrected chi connectivity index (χ2v) is 6.43. The first-order valence-electron chi connectivity index (χ1n) is 6.46. The molecule has 0 fully saturated rings. The number of nitrogens with one attached hydrogen (secondary N) is 1. The van der Waals surface area contributed by atoms with E-state index in [0.29, 0.717) is 0 Å². The molecule has 0 saturated heterocycles. The highest BCUT2D eigenvalue weighted by Crippen LogP contribution is 2.29. The fraction of sp³-hybridized carbons (Fsp3) is 0.188. The van der Waals surface area contributed by atoms with Gasteiger partial charge in [-0.15, -0.1) is 0 Å². The summed E-state index contributed by atoms with van der Waals surface area (Å²) in [6.07, 6.45) is 0. The lowest BCUT2D eigenvalue weighted by atomic mass is 10.1. The number of H-pyrrole nitrogens is 1. The second kappa shape index (κ2) is 4.86. The number of nitrogens with zero attached hydrogens (tertiary/aromatic N) is 1. The highest BCUT2D eigenvalue weighted by atomic mass is 79.9. The Balaban J connectivity index is 2.48. The van der Waals surface area contributed by atoms with Crippen LogP contribution in [0.1, 0.15) is 16.7 Å². The number of para-hydroxylation sites is 1. The van der Waals surface area contributed by atoms with E-state index in [0.717, 1.165) is 20.3 Å². The normalized spacial score (nSPS) is 11.2. The molecule has 1 heterocycles. The lowest BCUT2D eigenvalue weighted by molar-refractivity contribution is 1.03. The van der Waals surface area contributed by atoms with Crippen LogP contribution >= 0.6 is 28.1 Å². The Morgan fingerprint density at radius 2 is 1.70 bits per heavy atom. The van der Waals surface area contributed by atoms with Crippen LogP contribution in [0.15, 0.2) is 34.8 Å². The van der Waals surface area contributed by atoms with Gasteiger partial charge in [-0.3, -0.25) is 4.57 Å². The van der Waals surface area contributed by atoms with Gasteiger partial charge < -0.3 is 4.98 Å². The largest absolute Gasteiger partial charge is 0.330 e. The number of hydrogen-bond acceptors (Lipinski definition) is 1. The van der Waals surface area contributed by atoms with Crippen LogP contribution in [0.5, 0.6) is 0 Å². The number of benzene rings is 2. The number of imidazole rings is 1. The van der Waals surface area contributed by atoms with E-state index >= 15 is 0 Å². The first-order valence-corrected chi connectivity index (χ1v) is 7.66. The molecule has 0 unspecified atom stereocenters. The van der Waals surface area contributed by atoms with Crippen molar-refractivity contribution in [2.75, 3.05) is 0 Å². The van der Waals surface area contributed by atoms with Crippen LogP contribution in [0.3, 0.4) is 0 Å². The molecule has 4 heteroatoms. The summed E-state index contributed by atoms with van der Waals surface area (Å²) in [5.74, 6) is 0. The highest BCUT2D eigenvalue weighted by molar-refractivity contribution is 9.10. The maximum atomic E-state index is 5.54. The predicted octanol–water partition coefficient (Wildman–Crippen LogP) is 5.38. The van der Waals surface area contributed by atoms with Crippen LogP contribution in [0, 0.1) is 25.5 Å². The van der Waals surface area contributed by atoms with Crippen molar-refractivity contribution in [3.05, 3.63) is 56.3 Å². The van der Waals surface area contributed by atoms with E-state index in [1.54, 1.807) is 0 Å². The molecule has 0 bridgehead atoms. The molecule has 0 saturated carbocycles. The van der Waals surface area contributed by atoms with Crippen LogP contribution in [0.2, 0.25) is 0 Å². The van der Waals surface area contributed by atoms with Gasteiger partial charge in [0.15, 0.2) is 4.77 Å². The average Bonchev–Trinajstić information content (AvgIpc) is 2.66. The molecule has 2 aromatic carbocycles. The summed E-state index contributed by atoms with van der Waals surface area (Å²) in [5.41, 5.74) is 7.03. The molecule has 1 aromatic heterocycles. The summed E-state index contributed by atoms with van der Waals surface area (Å²) < 4.78 is 3.99. The van der Waals surface area contributed by atoms with Crippen molar-refractivity contribution in [1.82, 2.24) is 9.55 Å². The number of hydrogen-bond donors (Lipinski definition) is 1. The summed E-state index contributed by atoms with van der Waals surface area (Å²) in [7, 11) is 0. The van der Waals surface area contributed by atoms with E-state index in [2.05, 4.69) is 76.6 Å². The SMILES string of the molecule is Cc1cc(Br)cc(C)c1-n1c(=S)[nH]c2cccc(C)c21. The van der Waals surface area contributed by atoms with Crippen molar-refractivity contribution in [2.24, 2.45) is 0 Å². The van der Waals surface area contributed by atoms with Crippen molar-refractivity contribution < 1.29 is 0 Å². The average molecular weight is 347 g/mol. The molecule has 102 valence electrons. The Kier molecular flexibility index (Phi) is 3.30. The Morgan fingerprint density at radius 3 is 2.35 bits per heavy atom. The standard InChI is InChI=1S/C16H15BrN2S/c1-9-5-4-6-13-15(9)19(16(20)18-13)14-10(2)7-12(17)8-11(14)3/h4-8H,1-3H3,(H,18,20). The maximum absolute atomic E-state index is 5.54. The quantitative estimate of drug-likeness (QED) is 0.587. The van der Waals surface area contributed by atoms with Gasteiger partial charge in [0.25, 0.3) is 0 Å². The fourth-order valence-corrected chi connectivity index (χ4v) is 3.78. The predicted molar refractivity (Wildman–Crippen MR) is 90.4 cm³/mol. The summed E-state index contributed by atoms with van der Waals surface area (Å²) in [6.45, 7) is 6.35. The molecule has 0 aliphatic heterocycles. The van der Waals surface area contributed by atoms with Crippen molar-refractivity contribution in [3.8, 4) is 5.69 Å². The van der Waals surface area contributed by atoms with Crippen LogP contribution in [0.25, 0.3) is 16.7 Å². The van der Waals surface area contributed by atoms with Gasteiger partial charge in [-0.25, -0.2) is 0 Å². The Hall–Kier alpha value is -1.39. The zero-order valence-electron chi connectivity index (χ0n) is 11.6. The van der Waals surface area contributed by atoms with Gasteiger partial charge in [0.05, 0.1) is 16.7 Å². The van der Waals surface area contributed by atoms with E-state index in [-0.39, 0.29) is 0 Å². The minimum absolute atomic E-state index is 0.739. The molecule has 0 radical (unpaired) electrons. The van der Waals surface area contributed by atoms with Gasteiger partial charge in [0, 0.05) is 4.47 Å². The van der Waals surface area contributed by atoms with E-state index in [4.69, 9.17) is 12.2 Å². The van der Waals surface area contributed by atoms with Crippen LogP contribution in [-0.4, -0.2) is 9.55 Å². The number of aromatic amines is 1. The third kappa shape index (κ3) is 2.03. The van der Waals surface area contributed by atoms with Gasteiger partial charge in [-0.1, -0.05) is 28.1 Å². The third-order valence-corrected chi connectivity index (χ3v) is 4.33. The Bertz CT molecular complexity index is 851. The van der Waals surface area contributed by atoms with E-state index < -0.39 is 0 Å². The first-order chi connectivity index (χ1) is 9.49. The molecule has 20 heavy (non-hydrogen) atoms. The number of fused-ring (bicyclic) bond motifs is 1. The molecule has 0 spiro atoms. The zero-order valence-corrected chi connectivity index (χ0v) is 14.0. The zero-order chi connectivity index (χ0) is 14.4. The van der Waals surface area contributed by atoms with Crippen molar-refractivity contribution >= 4 is 39.2 Å². The lowest BCUT2D eigenvalue weighted by Crippen LogP contribution is -2.01. The van der Waals surface area contributed by atoms with Crippen molar-refractivity contribution in [2.45, 2.75) is 20.8 Å². The molecule has 1 N–H and O–H groups in total. The van der Waals surface area contributed by atoms with Crippen LogP contribution in [-0.2, 0) is 0 Å². The Morgan fingerprint density at radius 1 is 1.05 bits per heavy atom. The monoisotopic (exact) mass is 346 g/mol. The number of aryl methyl sites for hydroxylation is 3. The molecular formula is C16H15BrN2S. The second-order valence-electron chi connectivity index (χ2n) is 5.12. The first kappa shape index (κ1) is 13.6. The molecule has 3 aromatic rings. The number of rotatable bonds is 1. The Labute approximate surface area is 131 Å². The smallest absolute Gasteiger partial charge is 0.182 e. The van der Waals surface area contributed by atoms with Gasteiger partial charge in [-0.05, 0) is 67.9 Å². The topological polar surface area (TPSA) is 20.7 Å². The fourth-order valence-electron chi connectivity index (χ4n) is 2.80. The molecule has 0 amide bonds. The van der Waals surface area contributed by atoms with Gasteiger partial charge in [0.1, 0.15) is 0 Å². The highest BCUT2D eigenvalue weighted by Gasteiger charge is 2.13. The van der Waals surface area contributed by atoms with Crippen LogP contribution < -0.4 is 0 Å². The van der Waals surface area contributed by atoms with E-state index in [1.165, 1.54) is 22.4 Å². The molecule has 0 aliphatic rings. The molecule has 0 aliphatic carbocycles. The molecule has 3 rings (SSSR count). The molecule has 0 atom stereocenters. The third-order valence-electron chi connectivity index (χ3n) is 3.59. The summed E-state index contributed by atoms with van der Waals surface area (Å²) in [4.78, 5) is 3.30. The summed E-state index contributed by atoms with van der Waals surface area (Å²) >= 11 is 9.09. The van der Waals surface area contributed by atoms with E-state index in [9.17, 15) is 0 Å².